The van der Waals surface area contributed by atoms with Crippen LogP contribution in [0.15, 0.2) is 53.4 Å². The van der Waals surface area contributed by atoms with Gasteiger partial charge in [0.2, 0.25) is 17.9 Å². The van der Waals surface area contributed by atoms with E-state index in [1.807, 2.05) is 18.7 Å². The van der Waals surface area contributed by atoms with Crippen LogP contribution in [-0.4, -0.2) is 67.1 Å². The number of carbonyl (C=O) groups is 1. The monoisotopic (exact) mass is 675 g/mol. The van der Waals surface area contributed by atoms with Crippen LogP contribution in [0.4, 0.5) is 24.9 Å². The van der Waals surface area contributed by atoms with E-state index in [4.69, 9.17) is 10.5 Å². The fourth-order valence-corrected chi connectivity index (χ4v) is 7.65. The first-order valence-corrected chi connectivity index (χ1v) is 17.6. The molecule has 2 aliphatic heterocycles. The van der Waals surface area contributed by atoms with Crippen molar-refractivity contribution < 1.29 is 36.2 Å². The number of piperidine rings is 1. The summed E-state index contributed by atoms with van der Waals surface area (Å²) in [5.41, 5.74) is 6.76. The molecule has 0 saturated carbocycles. The number of anilines is 2. The second-order valence-corrected chi connectivity index (χ2v) is 14.5. The number of sulfone groups is 1. The highest BCUT2D eigenvalue weighted by Gasteiger charge is 2.50. The fourth-order valence-electron chi connectivity index (χ4n) is 6.98. The summed E-state index contributed by atoms with van der Waals surface area (Å²) in [6, 6.07) is 11.3. The molecule has 0 aliphatic carbocycles. The number of ether oxygens (including phenoxy) is 1. The number of nitrogens with two attached hydrogens (primary N) is 1. The maximum Gasteiger partial charge on any atom is 0.429 e. The molecule has 14 heteroatoms. The van der Waals surface area contributed by atoms with Crippen LogP contribution in [0.1, 0.15) is 63.2 Å². The molecule has 1 aromatic heterocycles. The number of nitrogens with one attached hydrogen (secondary N) is 1. The number of aliphatic carboxylic acids is 1. The topological polar surface area (TPSA) is 148 Å². The molecule has 2 unspecified atom stereocenters. The number of aryl methyl sites for hydroxylation is 1. The summed E-state index contributed by atoms with van der Waals surface area (Å²) < 4.78 is 74.9. The summed E-state index contributed by atoms with van der Waals surface area (Å²) in [7, 11) is -3.62. The lowest BCUT2D eigenvalue weighted by atomic mass is 9.71. The molecule has 5 rings (SSSR count). The minimum absolute atomic E-state index is 0.0169. The molecule has 254 valence electrons. The number of carboxylic acids is 1. The number of rotatable bonds is 10. The van der Waals surface area contributed by atoms with Gasteiger partial charge in [0.15, 0.2) is 9.84 Å². The quantitative estimate of drug-likeness (QED) is 0.249. The van der Waals surface area contributed by atoms with E-state index in [0.717, 1.165) is 12.7 Å². The van der Waals surface area contributed by atoms with E-state index < -0.39 is 34.1 Å². The minimum Gasteiger partial charge on any atom is -0.480 e. The molecule has 2 fully saturated rings. The van der Waals surface area contributed by atoms with E-state index in [-0.39, 0.29) is 39.3 Å². The van der Waals surface area contributed by atoms with Gasteiger partial charge in [-0.25, -0.2) is 8.42 Å². The van der Waals surface area contributed by atoms with Crippen molar-refractivity contribution in [2.45, 2.75) is 81.6 Å². The fraction of sp³-hybridized carbons (Fsp3) is 0.485. The Morgan fingerprint density at radius 3 is 2.49 bits per heavy atom. The van der Waals surface area contributed by atoms with E-state index >= 15 is 0 Å². The van der Waals surface area contributed by atoms with Crippen LogP contribution in [0.3, 0.4) is 0 Å². The van der Waals surface area contributed by atoms with E-state index in [1.54, 1.807) is 18.2 Å². The van der Waals surface area contributed by atoms with Gasteiger partial charge in [0.1, 0.15) is 11.9 Å². The molecule has 1 spiro atoms. The standard InChI is InChI=1S/C33H40F3N5O5S/c1-4-7-20-10-11-23(21-8-6-9-22(17-21)47(3,44)45)24(16-20)29(33(34,35)36)46-28-18-27(39-31(37)40-28)41-14-12-32(13-15-41)19-25(30(42)43)38-26(32)5-2/h6,8-11,16-18,25-26,29,38H,4-5,7,12-15,19H2,1-3H3,(H,42,43)(H2,37,39,40)/t25?,26?,29-/m1/s1. The van der Waals surface area contributed by atoms with Crippen LogP contribution < -0.4 is 20.7 Å². The van der Waals surface area contributed by atoms with Gasteiger partial charge in [-0.1, -0.05) is 50.6 Å². The molecule has 10 nitrogen and oxygen atoms in total. The maximum atomic E-state index is 14.9. The zero-order chi connectivity index (χ0) is 34.1. The highest BCUT2D eigenvalue weighted by Crippen LogP contribution is 2.46. The SMILES string of the molecule is CCCc1ccc(-c2cccc(S(C)(=O)=O)c2)c([C@@H](Oc2cc(N3CCC4(CC3)CC(C(=O)O)NC4CC)nc(N)n2)C(F)(F)F)c1. The Labute approximate surface area is 272 Å². The minimum atomic E-state index is -4.88. The summed E-state index contributed by atoms with van der Waals surface area (Å²) in [6.45, 7) is 4.95. The van der Waals surface area contributed by atoms with Crippen molar-refractivity contribution in [1.29, 1.82) is 0 Å². The molecule has 3 aromatic rings. The number of benzene rings is 2. The van der Waals surface area contributed by atoms with Crippen LogP contribution in [0.2, 0.25) is 0 Å². The Morgan fingerprint density at radius 2 is 1.87 bits per heavy atom. The number of alkyl halides is 3. The number of hydrogen-bond acceptors (Lipinski definition) is 9. The van der Waals surface area contributed by atoms with Crippen LogP contribution in [0, 0.1) is 5.41 Å². The smallest absolute Gasteiger partial charge is 0.429 e. The van der Waals surface area contributed by atoms with E-state index in [1.165, 1.54) is 30.3 Å². The van der Waals surface area contributed by atoms with E-state index in [9.17, 15) is 31.5 Å². The first-order valence-electron chi connectivity index (χ1n) is 15.7. The van der Waals surface area contributed by atoms with Crippen molar-refractivity contribution in [3.05, 3.63) is 59.7 Å². The third-order valence-corrected chi connectivity index (χ3v) is 10.4. The Hall–Kier alpha value is -3.91. The molecule has 0 radical (unpaired) electrons. The van der Waals surface area contributed by atoms with Gasteiger partial charge < -0.3 is 25.8 Å². The first kappa shape index (κ1) is 34.4. The molecule has 2 saturated heterocycles. The van der Waals surface area contributed by atoms with Crippen LogP contribution in [0.25, 0.3) is 11.1 Å². The Bertz CT molecular complexity index is 1730. The van der Waals surface area contributed by atoms with Gasteiger partial charge in [-0.2, -0.15) is 23.1 Å². The number of hydrogen-bond donors (Lipinski definition) is 3. The van der Waals surface area contributed by atoms with Crippen molar-refractivity contribution in [1.82, 2.24) is 15.3 Å². The van der Waals surface area contributed by atoms with Gasteiger partial charge in [-0.05, 0) is 66.3 Å². The lowest BCUT2D eigenvalue weighted by molar-refractivity contribution is -0.198. The average Bonchev–Trinajstić information content (AvgIpc) is 3.37. The van der Waals surface area contributed by atoms with Gasteiger partial charge in [-0.3, -0.25) is 4.79 Å². The van der Waals surface area contributed by atoms with Crippen molar-refractivity contribution in [2.24, 2.45) is 5.41 Å². The van der Waals surface area contributed by atoms with E-state index in [0.29, 0.717) is 62.1 Å². The number of nitrogens with zero attached hydrogens (tertiary/aromatic N) is 3. The Kier molecular flexibility index (Phi) is 9.74. The summed E-state index contributed by atoms with van der Waals surface area (Å²) in [4.78, 5) is 21.9. The third kappa shape index (κ3) is 7.48. The lowest BCUT2D eigenvalue weighted by Gasteiger charge is -2.43. The number of nitrogen functional groups attached to an aromatic ring is 1. The zero-order valence-electron chi connectivity index (χ0n) is 26.5. The molecular formula is C33H40F3N5O5S. The molecule has 47 heavy (non-hydrogen) atoms. The van der Waals surface area contributed by atoms with Gasteiger partial charge in [-0.15, -0.1) is 0 Å². The van der Waals surface area contributed by atoms with Gasteiger partial charge in [0.05, 0.1) is 4.90 Å². The molecular weight excluding hydrogens is 635 g/mol. The number of carboxylic acid groups (broad SMARTS) is 1. The van der Waals surface area contributed by atoms with Gasteiger partial charge in [0, 0.05) is 37.0 Å². The predicted molar refractivity (Wildman–Crippen MR) is 172 cm³/mol. The number of aromatic nitrogens is 2. The second kappa shape index (κ2) is 13.3. The van der Waals surface area contributed by atoms with Crippen molar-refractivity contribution in [3.63, 3.8) is 0 Å². The average molecular weight is 676 g/mol. The number of halogens is 3. The molecule has 3 heterocycles. The summed E-state index contributed by atoms with van der Waals surface area (Å²) in [6.07, 6.45) is -2.42. The molecule has 4 N–H and O–H groups in total. The molecule has 2 aliphatic rings. The normalized spacial score (nSPS) is 20.3. The molecule has 0 amide bonds. The van der Waals surface area contributed by atoms with Crippen molar-refractivity contribution in [2.75, 3.05) is 30.0 Å². The predicted octanol–water partition coefficient (Wildman–Crippen LogP) is 5.58. The maximum absolute atomic E-state index is 14.9. The van der Waals surface area contributed by atoms with Crippen molar-refractivity contribution >= 4 is 27.6 Å². The highest BCUT2D eigenvalue weighted by atomic mass is 32.2. The zero-order valence-corrected chi connectivity index (χ0v) is 27.4. The second-order valence-electron chi connectivity index (χ2n) is 12.5. The van der Waals surface area contributed by atoms with Crippen molar-refractivity contribution in [3.8, 4) is 17.0 Å². The summed E-state index contributed by atoms with van der Waals surface area (Å²) in [5, 5.41) is 12.8. The summed E-state index contributed by atoms with van der Waals surface area (Å²) in [5.74, 6) is -1.16. The lowest BCUT2D eigenvalue weighted by Crippen LogP contribution is -2.46. The first-order chi connectivity index (χ1) is 22.1. The van der Waals surface area contributed by atoms with Crippen LogP contribution in [-0.2, 0) is 21.1 Å². The Balaban J connectivity index is 1.47. The largest absolute Gasteiger partial charge is 0.480 e. The highest BCUT2D eigenvalue weighted by molar-refractivity contribution is 7.90. The van der Waals surface area contributed by atoms with Gasteiger partial charge in [0.25, 0.3) is 0 Å². The summed E-state index contributed by atoms with van der Waals surface area (Å²) >= 11 is 0. The molecule has 2 aromatic carbocycles. The Morgan fingerprint density at radius 1 is 1.15 bits per heavy atom. The third-order valence-electron chi connectivity index (χ3n) is 9.29. The molecule has 0 bridgehead atoms. The molecule has 3 atom stereocenters. The van der Waals surface area contributed by atoms with E-state index in [2.05, 4.69) is 15.3 Å². The van der Waals surface area contributed by atoms with Crippen LogP contribution in [0.5, 0.6) is 5.88 Å². The van der Waals surface area contributed by atoms with Gasteiger partial charge >= 0.3 is 12.1 Å². The van der Waals surface area contributed by atoms with Crippen LogP contribution >= 0.6 is 0 Å².